The predicted molar refractivity (Wildman–Crippen MR) is 110 cm³/mol. The molecule has 0 aromatic heterocycles. The highest BCUT2D eigenvalue weighted by molar-refractivity contribution is 7.89. The van der Waals surface area contributed by atoms with Crippen molar-refractivity contribution in [2.24, 2.45) is 5.73 Å². The van der Waals surface area contributed by atoms with Crippen molar-refractivity contribution < 1.29 is 22.8 Å². The van der Waals surface area contributed by atoms with Gasteiger partial charge in [-0.3, -0.25) is 9.69 Å². The second kappa shape index (κ2) is 9.46. The van der Waals surface area contributed by atoms with Crippen LogP contribution in [-0.4, -0.2) is 54.7 Å². The lowest BCUT2D eigenvalue weighted by Crippen LogP contribution is -2.48. The largest absolute Gasteiger partial charge is 0.351 e. The zero-order chi connectivity index (χ0) is 21.7. The summed E-state index contributed by atoms with van der Waals surface area (Å²) < 4.78 is 26.8. The van der Waals surface area contributed by atoms with E-state index in [2.05, 4.69) is 5.32 Å². The maximum Gasteiger partial charge on any atom is 0.328 e. The Kier molecular flexibility index (Phi) is 6.96. The zero-order valence-electron chi connectivity index (χ0n) is 16.9. The molecule has 0 atom stereocenters. The molecule has 30 heavy (non-hydrogen) atoms. The number of nitrogens with two attached hydrogens (primary N) is 1. The lowest BCUT2D eigenvalue weighted by atomic mass is 9.96. The first kappa shape index (κ1) is 22.1. The number of imide groups is 1. The molecule has 1 aromatic carbocycles. The number of carbonyl (C=O) groups excluding carboxylic acids is 3. The Morgan fingerprint density at radius 2 is 1.77 bits per heavy atom. The van der Waals surface area contributed by atoms with E-state index in [-0.39, 0.29) is 10.8 Å². The summed E-state index contributed by atoms with van der Waals surface area (Å²) in [6.45, 7) is 0.763. The molecule has 1 saturated heterocycles. The van der Waals surface area contributed by atoms with Crippen molar-refractivity contribution in [2.75, 3.05) is 13.1 Å². The van der Waals surface area contributed by atoms with Crippen LogP contribution in [0.25, 0.3) is 0 Å². The third kappa shape index (κ3) is 4.92. The van der Waals surface area contributed by atoms with E-state index < -0.39 is 28.1 Å². The van der Waals surface area contributed by atoms with E-state index in [9.17, 15) is 22.8 Å². The van der Waals surface area contributed by atoms with E-state index in [0.29, 0.717) is 45.2 Å². The molecule has 1 saturated carbocycles. The van der Waals surface area contributed by atoms with Crippen molar-refractivity contribution in [1.82, 2.24) is 14.5 Å². The minimum absolute atomic E-state index is 0.0160. The standard InChI is InChI=1S/C20H28N4O5S/c21-19(26)24(16-5-2-1-3-6-16)30(28,29)17-10-8-15(9-11-17)12-13-22-20(27)23-14-4-7-18(23)25/h8-11,16H,1-7,12-14H2,(H2,21,26)(H,22,27). The van der Waals surface area contributed by atoms with Crippen LogP contribution >= 0.6 is 0 Å². The maximum absolute atomic E-state index is 13.0. The van der Waals surface area contributed by atoms with Crippen molar-refractivity contribution in [3.63, 3.8) is 0 Å². The summed E-state index contributed by atoms with van der Waals surface area (Å²) >= 11 is 0. The number of primary amides is 1. The molecule has 1 aliphatic heterocycles. The third-order valence-corrected chi connectivity index (χ3v) is 7.48. The summed E-state index contributed by atoms with van der Waals surface area (Å²) in [5, 5.41) is 2.70. The molecule has 1 aliphatic carbocycles. The van der Waals surface area contributed by atoms with Crippen molar-refractivity contribution in [3.05, 3.63) is 29.8 Å². The average molecular weight is 437 g/mol. The summed E-state index contributed by atoms with van der Waals surface area (Å²) in [5.74, 6) is -0.168. The molecule has 1 heterocycles. The van der Waals surface area contributed by atoms with Gasteiger partial charge in [0.25, 0.3) is 10.0 Å². The molecule has 0 unspecified atom stereocenters. The molecule has 2 fully saturated rings. The van der Waals surface area contributed by atoms with Crippen LogP contribution in [0.15, 0.2) is 29.2 Å². The first-order valence-electron chi connectivity index (χ1n) is 10.3. The van der Waals surface area contributed by atoms with Gasteiger partial charge in [-0.1, -0.05) is 31.4 Å². The average Bonchev–Trinajstić information content (AvgIpc) is 3.15. The molecule has 2 aliphatic rings. The highest BCUT2D eigenvalue weighted by Gasteiger charge is 2.35. The summed E-state index contributed by atoms with van der Waals surface area (Å²) in [7, 11) is -4.02. The minimum atomic E-state index is -4.02. The lowest BCUT2D eigenvalue weighted by molar-refractivity contribution is -0.125. The molecule has 5 amide bonds. The molecule has 9 nitrogen and oxygen atoms in total. The fourth-order valence-corrected chi connectivity index (χ4v) is 5.57. The van der Waals surface area contributed by atoms with Gasteiger partial charge >= 0.3 is 12.1 Å². The van der Waals surface area contributed by atoms with E-state index in [0.717, 1.165) is 29.1 Å². The number of likely N-dealkylation sites (tertiary alicyclic amines) is 1. The summed E-state index contributed by atoms with van der Waals surface area (Å²) in [6.07, 6.45) is 5.59. The van der Waals surface area contributed by atoms with E-state index in [1.807, 2.05) is 0 Å². The highest BCUT2D eigenvalue weighted by atomic mass is 32.2. The molecule has 0 spiro atoms. The quantitative estimate of drug-likeness (QED) is 0.704. The summed E-state index contributed by atoms with van der Waals surface area (Å²) in [4.78, 5) is 36.7. The van der Waals surface area contributed by atoms with Gasteiger partial charge in [0.2, 0.25) is 5.91 Å². The Balaban J connectivity index is 1.61. The Morgan fingerprint density at radius 1 is 1.10 bits per heavy atom. The van der Waals surface area contributed by atoms with Gasteiger partial charge in [-0.05, 0) is 43.4 Å². The van der Waals surface area contributed by atoms with Crippen LogP contribution in [0.5, 0.6) is 0 Å². The van der Waals surface area contributed by atoms with Crippen LogP contribution in [-0.2, 0) is 21.2 Å². The van der Waals surface area contributed by atoms with E-state index in [4.69, 9.17) is 5.73 Å². The van der Waals surface area contributed by atoms with Crippen molar-refractivity contribution in [3.8, 4) is 0 Å². The molecule has 3 rings (SSSR count). The number of nitrogens with zero attached hydrogens (tertiary/aromatic N) is 2. The second-order valence-electron chi connectivity index (χ2n) is 7.71. The molecular weight excluding hydrogens is 408 g/mol. The number of sulfonamides is 1. The van der Waals surface area contributed by atoms with Crippen LogP contribution in [0, 0.1) is 0 Å². The summed E-state index contributed by atoms with van der Waals surface area (Å²) in [5.41, 5.74) is 6.24. The number of amides is 5. The number of carbonyl (C=O) groups is 3. The number of rotatable bonds is 6. The Labute approximate surface area is 176 Å². The Hall–Kier alpha value is -2.62. The zero-order valence-corrected chi connectivity index (χ0v) is 17.7. The summed E-state index contributed by atoms with van der Waals surface area (Å²) in [6, 6.07) is 4.46. The molecule has 3 N–H and O–H groups in total. The smallest absolute Gasteiger partial charge is 0.328 e. The van der Waals surface area contributed by atoms with E-state index in [1.54, 1.807) is 12.1 Å². The SMILES string of the molecule is NC(=O)N(C1CCCCC1)S(=O)(=O)c1ccc(CCNC(=O)N2CCCC2=O)cc1. The van der Waals surface area contributed by atoms with E-state index in [1.165, 1.54) is 17.0 Å². The number of benzene rings is 1. The Morgan fingerprint density at radius 3 is 2.33 bits per heavy atom. The van der Waals surface area contributed by atoms with Crippen LogP contribution < -0.4 is 11.1 Å². The normalized spacial score (nSPS) is 17.7. The molecule has 164 valence electrons. The first-order chi connectivity index (χ1) is 14.3. The van der Waals surface area contributed by atoms with Crippen molar-refractivity contribution >= 4 is 28.0 Å². The second-order valence-corrected chi connectivity index (χ2v) is 9.52. The number of hydrogen-bond donors (Lipinski definition) is 2. The fraction of sp³-hybridized carbons (Fsp3) is 0.550. The van der Waals surface area contributed by atoms with Crippen LogP contribution in [0.4, 0.5) is 9.59 Å². The minimum Gasteiger partial charge on any atom is -0.351 e. The molecular formula is C20H28N4O5S. The third-order valence-electron chi connectivity index (χ3n) is 5.61. The van der Waals surface area contributed by atoms with Gasteiger partial charge in [0.15, 0.2) is 0 Å². The van der Waals surface area contributed by atoms with Gasteiger partial charge in [0.05, 0.1) is 10.9 Å². The van der Waals surface area contributed by atoms with Crippen molar-refractivity contribution in [1.29, 1.82) is 0 Å². The molecule has 10 heteroatoms. The van der Waals surface area contributed by atoms with Crippen LogP contribution in [0.1, 0.15) is 50.5 Å². The monoisotopic (exact) mass is 436 g/mol. The highest BCUT2D eigenvalue weighted by Crippen LogP contribution is 2.27. The molecule has 1 aromatic rings. The Bertz CT molecular complexity index is 894. The topological polar surface area (TPSA) is 130 Å². The number of urea groups is 2. The molecule has 0 bridgehead atoms. The van der Waals surface area contributed by atoms with Gasteiger partial charge < -0.3 is 11.1 Å². The maximum atomic E-state index is 13.0. The van der Waals surface area contributed by atoms with E-state index >= 15 is 0 Å². The van der Waals surface area contributed by atoms with Gasteiger partial charge in [-0.25, -0.2) is 22.3 Å². The molecule has 0 radical (unpaired) electrons. The van der Waals surface area contributed by atoms with Crippen LogP contribution in [0.2, 0.25) is 0 Å². The number of hydrogen-bond acceptors (Lipinski definition) is 5. The van der Waals surface area contributed by atoms with Gasteiger partial charge in [-0.15, -0.1) is 0 Å². The van der Waals surface area contributed by atoms with Crippen LogP contribution in [0.3, 0.4) is 0 Å². The predicted octanol–water partition coefficient (Wildman–Crippen LogP) is 1.96. The number of nitrogens with one attached hydrogen (secondary N) is 1. The van der Waals surface area contributed by atoms with Crippen molar-refractivity contribution in [2.45, 2.75) is 62.3 Å². The fourth-order valence-electron chi connectivity index (χ4n) is 4.02. The van der Waals surface area contributed by atoms with Gasteiger partial charge in [0.1, 0.15) is 0 Å². The first-order valence-corrected chi connectivity index (χ1v) is 11.8. The van der Waals surface area contributed by atoms with Gasteiger partial charge in [0, 0.05) is 19.5 Å². The lowest BCUT2D eigenvalue weighted by Gasteiger charge is -2.32. The van der Waals surface area contributed by atoms with Gasteiger partial charge in [-0.2, -0.15) is 0 Å².